The van der Waals surface area contributed by atoms with Crippen molar-refractivity contribution >= 4 is 17.2 Å². The Morgan fingerprint density at radius 1 is 1.38 bits per heavy atom. The molecule has 0 bridgehead atoms. The number of rotatable bonds is 6. The number of benzene rings is 1. The topological polar surface area (TPSA) is 72.0 Å². The van der Waals surface area contributed by atoms with Crippen LogP contribution < -0.4 is 10.5 Å². The lowest BCUT2D eigenvalue weighted by atomic mass is 10.1. The van der Waals surface area contributed by atoms with Gasteiger partial charge in [0.15, 0.2) is 0 Å². The number of amidine groups is 1. The van der Waals surface area contributed by atoms with Crippen LogP contribution in [-0.4, -0.2) is 17.4 Å². The van der Waals surface area contributed by atoms with Crippen molar-refractivity contribution in [3.05, 3.63) is 44.9 Å². The summed E-state index contributed by atoms with van der Waals surface area (Å²) in [5.74, 6) is 1.02. The number of ether oxygens (including phenoxy) is 1. The molecule has 0 aliphatic heterocycles. The molecule has 0 aliphatic carbocycles. The lowest BCUT2D eigenvalue weighted by Crippen LogP contribution is -2.11. The molecule has 21 heavy (non-hydrogen) atoms. The highest BCUT2D eigenvalue weighted by Gasteiger charge is 2.12. The lowest BCUT2D eigenvalue weighted by molar-refractivity contribution is 0.319. The predicted molar refractivity (Wildman–Crippen MR) is 87.6 cm³/mol. The third kappa shape index (κ3) is 3.82. The van der Waals surface area contributed by atoms with E-state index in [-0.39, 0.29) is 5.84 Å². The van der Waals surface area contributed by atoms with Crippen LogP contribution in [0.5, 0.6) is 5.75 Å². The summed E-state index contributed by atoms with van der Waals surface area (Å²) in [7, 11) is 0. The van der Waals surface area contributed by atoms with Gasteiger partial charge in [-0.3, -0.25) is 5.41 Å². The van der Waals surface area contributed by atoms with Crippen molar-refractivity contribution in [2.24, 2.45) is 5.73 Å². The average Bonchev–Trinajstić information content (AvgIpc) is 2.85. The minimum atomic E-state index is 0.103. The molecule has 112 valence electrons. The summed E-state index contributed by atoms with van der Waals surface area (Å²) in [5, 5.41) is 8.54. The van der Waals surface area contributed by atoms with Crippen molar-refractivity contribution in [3.63, 3.8) is 0 Å². The van der Waals surface area contributed by atoms with Crippen molar-refractivity contribution in [1.82, 2.24) is 4.98 Å². The number of thiazole rings is 1. The monoisotopic (exact) mass is 303 g/mol. The Balaban J connectivity index is 1.99. The van der Waals surface area contributed by atoms with Crippen LogP contribution in [0.3, 0.4) is 0 Å². The largest absolute Gasteiger partial charge is 0.493 e. The molecule has 1 heterocycles. The molecule has 1 aromatic carbocycles. The second-order valence-electron chi connectivity index (χ2n) is 5.02. The highest BCUT2D eigenvalue weighted by atomic mass is 32.1. The Bertz CT molecular complexity index is 649. The maximum Gasteiger partial charge on any atom is 0.135 e. The van der Waals surface area contributed by atoms with E-state index in [2.05, 4.69) is 31.0 Å². The molecule has 2 rings (SSSR count). The number of aryl methyl sites for hydroxylation is 3. The third-order valence-corrected chi connectivity index (χ3v) is 4.42. The molecule has 0 unspecified atom stereocenters. The van der Waals surface area contributed by atoms with Crippen LogP contribution in [-0.2, 0) is 12.8 Å². The normalized spacial score (nSPS) is 10.6. The van der Waals surface area contributed by atoms with E-state index in [0.717, 1.165) is 39.7 Å². The number of hydrogen-bond donors (Lipinski definition) is 2. The van der Waals surface area contributed by atoms with Crippen LogP contribution in [0.25, 0.3) is 0 Å². The Morgan fingerprint density at radius 3 is 2.71 bits per heavy atom. The lowest BCUT2D eigenvalue weighted by Gasteiger charge is -2.08. The smallest absolute Gasteiger partial charge is 0.135 e. The van der Waals surface area contributed by atoms with Gasteiger partial charge in [0.25, 0.3) is 0 Å². The van der Waals surface area contributed by atoms with Gasteiger partial charge in [-0.1, -0.05) is 24.6 Å². The summed E-state index contributed by atoms with van der Waals surface area (Å²) in [4.78, 5) is 5.33. The van der Waals surface area contributed by atoms with Gasteiger partial charge in [0, 0.05) is 6.42 Å². The van der Waals surface area contributed by atoms with Gasteiger partial charge in [-0.2, -0.15) is 0 Å². The average molecular weight is 303 g/mol. The molecule has 0 spiro atoms. The summed E-state index contributed by atoms with van der Waals surface area (Å²) >= 11 is 1.49. The van der Waals surface area contributed by atoms with E-state index in [1.807, 2.05) is 13.0 Å². The summed E-state index contributed by atoms with van der Waals surface area (Å²) in [5.41, 5.74) is 8.87. The summed E-state index contributed by atoms with van der Waals surface area (Å²) in [6.07, 6.45) is 1.53. The predicted octanol–water partition coefficient (Wildman–Crippen LogP) is 3.23. The molecule has 3 N–H and O–H groups in total. The molecule has 0 fully saturated rings. The zero-order valence-electron chi connectivity index (χ0n) is 12.7. The van der Waals surface area contributed by atoms with Gasteiger partial charge >= 0.3 is 0 Å². The second kappa shape index (κ2) is 6.72. The first-order valence-corrected chi connectivity index (χ1v) is 7.86. The zero-order valence-corrected chi connectivity index (χ0v) is 13.5. The molecule has 0 radical (unpaired) electrons. The van der Waals surface area contributed by atoms with Gasteiger partial charge in [-0.25, -0.2) is 4.98 Å². The molecule has 4 nitrogen and oxygen atoms in total. The van der Waals surface area contributed by atoms with Crippen molar-refractivity contribution < 1.29 is 4.74 Å². The van der Waals surface area contributed by atoms with Gasteiger partial charge in [-0.15, -0.1) is 11.3 Å². The molecule has 0 atom stereocenters. The van der Waals surface area contributed by atoms with E-state index in [0.29, 0.717) is 6.61 Å². The van der Waals surface area contributed by atoms with Crippen LogP contribution in [0, 0.1) is 19.3 Å². The molecular formula is C16H21N3OS. The van der Waals surface area contributed by atoms with Crippen molar-refractivity contribution in [2.75, 3.05) is 6.61 Å². The Labute approximate surface area is 129 Å². The minimum absolute atomic E-state index is 0.103. The molecule has 0 amide bonds. The highest BCUT2D eigenvalue weighted by molar-refractivity contribution is 7.13. The van der Waals surface area contributed by atoms with Gasteiger partial charge in [-0.05, 0) is 31.9 Å². The maximum absolute atomic E-state index is 7.57. The van der Waals surface area contributed by atoms with E-state index in [9.17, 15) is 0 Å². The third-order valence-electron chi connectivity index (χ3n) is 3.23. The first-order valence-electron chi connectivity index (χ1n) is 7.04. The number of nitrogens with zero attached hydrogens (tertiary/aromatic N) is 1. The van der Waals surface area contributed by atoms with Crippen molar-refractivity contribution in [1.29, 1.82) is 5.41 Å². The molecular weight excluding hydrogens is 282 g/mol. The fourth-order valence-electron chi connectivity index (χ4n) is 2.17. The number of nitrogens with one attached hydrogen (secondary N) is 1. The molecule has 0 aliphatic rings. The molecule has 1 aromatic heterocycles. The van der Waals surface area contributed by atoms with Crippen LogP contribution in [0.15, 0.2) is 18.2 Å². The van der Waals surface area contributed by atoms with Crippen LogP contribution in [0.2, 0.25) is 0 Å². The first kappa shape index (κ1) is 15.5. The Kier molecular flexibility index (Phi) is 4.96. The highest BCUT2D eigenvalue weighted by Crippen LogP contribution is 2.21. The van der Waals surface area contributed by atoms with Crippen molar-refractivity contribution in [2.45, 2.75) is 33.6 Å². The zero-order chi connectivity index (χ0) is 15.4. The second-order valence-corrected chi connectivity index (χ2v) is 6.10. The van der Waals surface area contributed by atoms with E-state index >= 15 is 0 Å². The van der Waals surface area contributed by atoms with E-state index < -0.39 is 0 Å². The van der Waals surface area contributed by atoms with E-state index in [4.69, 9.17) is 15.9 Å². The molecule has 5 heteroatoms. The standard InChI is InChI=1S/C16H21N3OS/c1-4-12-15(16(17)18)21-14(19-12)7-8-20-13-6-5-10(2)9-11(13)3/h5-6,9H,4,7-8H2,1-3H3,(H3,17,18). The minimum Gasteiger partial charge on any atom is -0.493 e. The number of nitrogen functional groups attached to an aromatic ring is 1. The van der Waals surface area contributed by atoms with Crippen LogP contribution in [0.1, 0.15) is 33.6 Å². The maximum atomic E-state index is 7.57. The fourth-order valence-corrected chi connectivity index (χ4v) is 3.16. The molecule has 0 saturated carbocycles. The van der Waals surface area contributed by atoms with Crippen LogP contribution >= 0.6 is 11.3 Å². The van der Waals surface area contributed by atoms with E-state index in [1.54, 1.807) is 0 Å². The van der Waals surface area contributed by atoms with Gasteiger partial charge < -0.3 is 10.5 Å². The summed E-state index contributed by atoms with van der Waals surface area (Å²) < 4.78 is 5.82. The first-order chi connectivity index (χ1) is 10.0. The molecule has 2 aromatic rings. The van der Waals surface area contributed by atoms with Gasteiger partial charge in [0.1, 0.15) is 11.6 Å². The summed E-state index contributed by atoms with van der Waals surface area (Å²) in [6.45, 7) is 6.73. The van der Waals surface area contributed by atoms with E-state index in [1.165, 1.54) is 16.9 Å². The Hall–Kier alpha value is -1.88. The Morgan fingerprint density at radius 2 is 2.14 bits per heavy atom. The number of aromatic nitrogens is 1. The van der Waals surface area contributed by atoms with Crippen LogP contribution in [0.4, 0.5) is 0 Å². The van der Waals surface area contributed by atoms with Gasteiger partial charge in [0.2, 0.25) is 0 Å². The number of hydrogen-bond acceptors (Lipinski definition) is 4. The SMILES string of the molecule is CCc1nc(CCOc2ccc(C)cc2C)sc1C(=N)N. The fraction of sp³-hybridized carbons (Fsp3) is 0.375. The number of nitrogens with two attached hydrogens (primary N) is 1. The van der Waals surface area contributed by atoms with Gasteiger partial charge in [0.05, 0.1) is 22.2 Å². The summed E-state index contributed by atoms with van der Waals surface area (Å²) in [6, 6.07) is 6.17. The molecule has 0 saturated heterocycles. The quantitative estimate of drug-likeness (QED) is 0.635. The van der Waals surface area contributed by atoms with Crippen molar-refractivity contribution in [3.8, 4) is 5.75 Å².